The van der Waals surface area contributed by atoms with Gasteiger partial charge >= 0.3 is 12.1 Å². The molecular formula is C16H15F3N2O3S. The summed E-state index contributed by atoms with van der Waals surface area (Å²) in [4.78, 5) is 19.0. The Morgan fingerprint density at radius 2 is 1.88 bits per heavy atom. The molecule has 1 aromatic heterocycles. The zero-order valence-corrected chi connectivity index (χ0v) is 14.3. The number of carbonyl (C=O) groups excluding carboxylic acids is 1. The van der Waals surface area contributed by atoms with Crippen molar-refractivity contribution in [1.82, 2.24) is 9.97 Å². The average Bonchev–Trinajstić information content (AvgIpc) is 2.59. The van der Waals surface area contributed by atoms with Crippen molar-refractivity contribution in [2.45, 2.75) is 18.3 Å². The highest BCUT2D eigenvalue weighted by atomic mass is 32.2. The second-order valence-electron chi connectivity index (χ2n) is 4.74. The Labute approximate surface area is 146 Å². The van der Waals surface area contributed by atoms with E-state index in [1.807, 2.05) is 0 Å². The number of alkyl halides is 3. The van der Waals surface area contributed by atoms with Gasteiger partial charge in [0.25, 0.3) is 0 Å². The molecule has 0 aliphatic heterocycles. The minimum Gasteiger partial charge on any atom is -0.497 e. The van der Waals surface area contributed by atoms with Gasteiger partial charge in [-0.2, -0.15) is 13.2 Å². The molecular weight excluding hydrogens is 357 g/mol. The van der Waals surface area contributed by atoms with Crippen LogP contribution in [0.4, 0.5) is 13.2 Å². The molecule has 134 valence electrons. The number of rotatable bonds is 6. The van der Waals surface area contributed by atoms with Gasteiger partial charge in [0, 0.05) is 5.56 Å². The standard InChI is InChI=1S/C16H15F3N2O3S/c1-3-24-14(22)9-25-15-20-12(8-13(21-15)16(17,18)19)10-4-6-11(23-2)7-5-10/h4-8H,3,9H2,1-2H3. The summed E-state index contributed by atoms with van der Waals surface area (Å²) in [7, 11) is 1.49. The molecule has 0 N–H and O–H groups in total. The lowest BCUT2D eigenvalue weighted by Gasteiger charge is -2.10. The van der Waals surface area contributed by atoms with E-state index in [-0.39, 0.29) is 23.2 Å². The number of ether oxygens (including phenoxy) is 2. The summed E-state index contributed by atoms with van der Waals surface area (Å²) < 4.78 is 49.0. The normalized spacial score (nSPS) is 11.2. The minimum absolute atomic E-state index is 0.108. The summed E-state index contributed by atoms with van der Waals surface area (Å²) in [6.07, 6.45) is -4.62. The van der Waals surface area contributed by atoms with Crippen molar-refractivity contribution in [3.05, 3.63) is 36.0 Å². The van der Waals surface area contributed by atoms with Gasteiger partial charge in [0.1, 0.15) is 11.4 Å². The second-order valence-corrected chi connectivity index (χ2v) is 5.68. The third-order valence-electron chi connectivity index (χ3n) is 3.01. The summed E-state index contributed by atoms with van der Waals surface area (Å²) in [5, 5.41) is -0.145. The van der Waals surface area contributed by atoms with E-state index in [9.17, 15) is 18.0 Å². The molecule has 0 atom stereocenters. The molecule has 0 unspecified atom stereocenters. The van der Waals surface area contributed by atoms with Crippen molar-refractivity contribution < 1.29 is 27.4 Å². The molecule has 1 aromatic carbocycles. The van der Waals surface area contributed by atoms with E-state index in [0.717, 1.165) is 17.8 Å². The van der Waals surface area contributed by atoms with E-state index in [0.29, 0.717) is 11.3 Å². The van der Waals surface area contributed by atoms with E-state index in [1.54, 1.807) is 31.2 Å². The molecule has 0 aliphatic rings. The van der Waals surface area contributed by atoms with Crippen LogP contribution >= 0.6 is 11.8 Å². The number of benzene rings is 1. The fraction of sp³-hybridized carbons (Fsp3) is 0.312. The highest BCUT2D eigenvalue weighted by Crippen LogP contribution is 2.32. The number of esters is 1. The second kappa shape index (κ2) is 8.19. The molecule has 1 heterocycles. The van der Waals surface area contributed by atoms with Gasteiger partial charge in [0.2, 0.25) is 0 Å². The van der Waals surface area contributed by atoms with Crippen LogP contribution in [0.5, 0.6) is 5.75 Å². The Hall–Kier alpha value is -2.29. The van der Waals surface area contributed by atoms with Crippen molar-refractivity contribution in [3.63, 3.8) is 0 Å². The molecule has 0 amide bonds. The van der Waals surface area contributed by atoms with Crippen LogP contribution in [0.3, 0.4) is 0 Å². The topological polar surface area (TPSA) is 61.3 Å². The van der Waals surface area contributed by atoms with Crippen LogP contribution in [0.15, 0.2) is 35.5 Å². The van der Waals surface area contributed by atoms with Crippen LogP contribution in [0.2, 0.25) is 0 Å². The predicted molar refractivity (Wildman–Crippen MR) is 86.4 cm³/mol. The maximum Gasteiger partial charge on any atom is 0.433 e. The molecule has 0 spiro atoms. The van der Waals surface area contributed by atoms with Crippen LogP contribution in [-0.4, -0.2) is 35.4 Å². The summed E-state index contributed by atoms with van der Waals surface area (Å²) in [5.74, 6) is -0.137. The van der Waals surface area contributed by atoms with E-state index >= 15 is 0 Å². The number of carbonyl (C=O) groups is 1. The highest BCUT2D eigenvalue weighted by Gasteiger charge is 2.34. The van der Waals surface area contributed by atoms with Gasteiger partial charge in [-0.15, -0.1) is 0 Å². The molecule has 0 fully saturated rings. The zero-order chi connectivity index (χ0) is 18.4. The number of nitrogens with zero attached hydrogens (tertiary/aromatic N) is 2. The number of hydrogen-bond donors (Lipinski definition) is 0. The number of thioether (sulfide) groups is 1. The molecule has 0 bridgehead atoms. The van der Waals surface area contributed by atoms with E-state index in [4.69, 9.17) is 9.47 Å². The number of aromatic nitrogens is 2. The van der Waals surface area contributed by atoms with Gasteiger partial charge in [-0.25, -0.2) is 9.97 Å². The summed E-state index contributed by atoms with van der Waals surface area (Å²) in [6.45, 7) is 1.84. The van der Waals surface area contributed by atoms with Crippen LogP contribution < -0.4 is 4.74 Å². The van der Waals surface area contributed by atoms with Crippen molar-refractivity contribution in [1.29, 1.82) is 0 Å². The third kappa shape index (κ3) is 5.35. The van der Waals surface area contributed by atoms with E-state index < -0.39 is 17.8 Å². The Morgan fingerprint density at radius 3 is 2.44 bits per heavy atom. The highest BCUT2D eigenvalue weighted by molar-refractivity contribution is 7.99. The van der Waals surface area contributed by atoms with Crippen LogP contribution in [0.25, 0.3) is 11.3 Å². The van der Waals surface area contributed by atoms with Crippen LogP contribution in [-0.2, 0) is 15.7 Å². The first-order valence-corrected chi connectivity index (χ1v) is 8.21. The fourth-order valence-electron chi connectivity index (χ4n) is 1.87. The van der Waals surface area contributed by atoms with E-state index in [2.05, 4.69) is 9.97 Å². The zero-order valence-electron chi connectivity index (χ0n) is 13.5. The Bertz CT molecular complexity index is 736. The van der Waals surface area contributed by atoms with E-state index in [1.165, 1.54) is 7.11 Å². The monoisotopic (exact) mass is 372 g/mol. The van der Waals surface area contributed by atoms with Crippen LogP contribution in [0.1, 0.15) is 12.6 Å². The summed E-state index contributed by atoms with van der Waals surface area (Å²) >= 11 is 0.794. The van der Waals surface area contributed by atoms with Crippen molar-refractivity contribution in [2.75, 3.05) is 19.5 Å². The molecule has 2 rings (SSSR count). The van der Waals surface area contributed by atoms with Gasteiger partial charge in [-0.05, 0) is 37.3 Å². The summed E-state index contributed by atoms with van der Waals surface area (Å²) in [5.41, 5.74) is -0.484. The maximum atomic E-state index is 13.1. The lowest BCUT2D eigenvalue weighted by molar-refractivity contribution is -0.141. The molecule has 5 nitrogen and oxygen atoms in total. The molecule has 9 heteroatoms. The van der Waals surface area contributed by atoms with Gasteiger partial charge in [-0.3, -0.25) is 4.79 Å². The van der Waals surface area contributed by atoms with Gasteiger partial charge in [0.15, 0.2) is 5.16 Å². The molecule has 2 aromatic rings. The van der Waals surface area contributed by atoms with Crippen molar-refractivity contribution >= 4 is 17.7 Å². The molecule has 0 aliphatic carbocycles. The average molecular weight is 372 g/mol. The molecule has 25 heavy (non-hydrogen) atoms. The minimum atomic E-state index is -4.62. The van der Waals surface area contributed by atoms with Gasteiger partial charge in [-0.1, -0.05) is 11.8 Å². The molecule has 0 saturated heterocycles. The fourth-order valence-corrected chi connectivity index (χ4v) is 2.53. The van der Waals surface area contributed by atoms with Crippen LogP contribution in [0, 0.1) is 0 Å². The summed E-state index contributed by atoms with van der Waals surface area (Å²) in [6, 6.07) is 7.31. The lowest BCUT2D eigenvalue weighted by atomic mass is 10.1. The Morgan fingerprint density at radius 1 is 1.20 bits per heavy atom. The van der Waals surface area contributed by atoms with Crippen molar-refractivity contribution in [3.8, 4) is 17.0 Å². The quantitative estimate of drug-likeness (QED) is 0.436. The Kier molecular flexibility index (Phi) is 6.24. The van der Waals surface area contributed by atoms with Crippen molar-refractivity contribution in [2.24, 2.45) is 0 Å². The first-order valence-electron chi connectivity index (χ1n) is 7.22. The number of methoxy groups -OCH3 is 1. The Balaban J connectivity index is 2.34. The first kappa shape index (κ1) is 19.0. The number of hydrogen-bond acceptors (Lipinski definition) is 6. The largest absolute Gasteiger partial charge is 0.497 e. The van der Waals surface area contributed by atoms with Gasteiger partial charge in [0.05, 0.1) is 25.2 Å². The first-order chi connectivity index (χ1) is 11.8. The number of halogens is 3. The predicted octanol–water partition coefficient (Wildman–Crippen LogP) is 3.83. The molecule has 0 radical (unpaired) electrons. The van der Waals surface area contributed by atoms with Gasteiger partial charge < -0.3 is 9.47 Å². The SMILES string of the molecule is CCOC(=O)CSc1nc(-c2ccc(OC)cc2)cc(C(F)(F)F)n1. The maximum absolute atomic E-state index is 13.1. The lowest BCUT2D eigenvalue weighted by Crippen LogP contribution is -2.11. The smallest absolute Gasteiger partial charge is 0.433 e. The third-order valence-corrected chi connectivity index (χ3v) is 3.83. The molecule has 0 saturated carbocycles.